The number of piperidine rings is 1. The Kier molecular flexibility index (Phi) is 4.36. The Bertz CT molecular complexity index is 524. The lowest BCUT2D eigenvalue weighted by Crippen LogP contribution is -2.52. The molecule has 3 aliphatic rings. The summed E-state index contributed by atoms with van der Waals surface area (Å²) in [5.74, 6) is 0.618. The minimum absolute atomic E-state index is 0.0167. The maximum atomic E-state index is 10.3. The van der Waals surface area contributed by atoms with E-state index in [2.05, 4.69) is 27.6 Å². The van der Waals surface area contributed by atoms with Crippen molar-refractivity contribution < 1.29 is 9.84 Å². The highest BCUT2D eigenvalue weighted by Gasteiger charge is 2.38. The minimum atomic E-state index is -0.439. The van der Waals surface area contributed by atoms with Crippen molar-refractivity contribution in [1.29, 1.82) is 0 Å². The summed E-state index contributed by atoms with van der Waals surface area (Å²) in [5.41, 5.74) is 1.10. The van der Waals surface area contributed by atoms with Gasteiger partial charge in [0.1, 0.15) is 0 Å². The van der Waals surface area contributed by atoms with Crippen molar-refractivity contribution in [2.45, 2.75) is 62.4 Å². The quantitative estimate of drug-likeness (QED) is 0.793. The van der Waals surface area contributed by atoms with Crippen LogP contribution in [0.25, 0.3) is 0 Å². The minimum Gasteiger partial charge on any atom is -0.389 e. The molecule has 3 fully saturated rings. The Labute approximate surface area is 137 Å². The van der Waals surface area contributed by atoms with Gasteiger partial charge in [-0.25, -0.2) is 4.68 Å². The standard InChI is InChI=1S/C16H27N5O2/c1-20-6-4-12(5-7-20)17-16-14(22)10-23-15(16)9-21-8-13(18-19-21)11-2-3-11/h8,11-12,14-17,22H,2-7,9-10H2,1H3/t14-,15+,16+/m0/s1. The Morgan fingerprint density at radius 2 is 2.09 bits per heavy atom. The summed E-state index contributed by atoms with van der Waals surface area (Å²) >= 11 is 0. The number of aliphatic hydroxyl groups excluding tert-OH is 1. The third-order valence-electron chi connectivity index (χ3n) is 5.36. The van der Waals surface area contributed by atoms with Gasteiger partial charge >= 0.3 is 0 Å². The molecule has 23 heavy (non-hydrogen) atoms. The van der Waals surface area contributed by atoms with Crippen LogP contribution in [0.3, 0.4) is 0 Å². The average molecular weight is 321 g/mol. The fourth-order valence-electron chi connectivity index (χ4n) is 3.66. The van der Waals surface area contributed by atoms with E-state index in [1.54, 1.807) is 0 Å². The number of hydrogen-bond donors (Lipinski definition) is 2. The molecule has 2 saturated heterocycles. The summed E-state index contributed by atoms with van der Waals surface area (Å²) in [4.78, 5) is 2.35. The first-order valence-corrected chi connectivity index (χ1v) is 8.83. The van der Waals surface area contributed by atoms with E-state index in [1.807, 2.05) is 10.9 Å². The zero-order chi connectivity index (χ0) is 15.8. The van der Waals surface area contributed by atoms with Crippen molar-refractivity contribution in [3.63, 3.8) is 0 Å². The van der Waals surface area contributed by atoms with Crippen molar-refractivity contribution in [2.24, 2.45) is 0 Å². The van der Waals surface area contributed by atoms with Crippen LogP contribution in [-0.2, 0) is 11.3 Å². The molecule has 1 aliphatic carbocycles. The third-order valence-corrected chi connectivity index (χ3v) is 5.36. The lowest BCUT2D eigenvalue weighted by atomic mass is 10.0. The van der Waals surface area contributed by atoms with E-state index >= 15 is 0 Å². The van der Waals surface area contributed by atoms with E-state index in [4.69, 9.17) is 4.74 Å². The number of nitrogens with one attached hydrogen (secondary N) is 1. The highest BCUT2D eigenvalue weighted by atomic mass is 16.5. The molecule has 0 unspecified atom stereocenters. The second kappa shape index (κ2) is 6.47. The highest BCUT2D eigenvalue weighted by molar-refractivity contribution is 5.09. The molecule has 7 nitrogen and oxygen atoms in total. The van der Waals surface area contributed by atoms with Gasteiger partial charge in [0.25, 0.3) is 0 Å². The van der Waals surface area contributed by atoms with Gasteiger partial charge in [0.15, 0.2) is 0 Å². The SMILES string of the molecule is CN1CCC(N[C@@H]2[C@@H](O)CO[C@@H]2Cn2cc(C3CC3)nn2)CC1. The zero-order valence-corrected chi connectivity index (χ0v) is 13.8. The van der Waals surface area contributed by atoms with Crippen LogP contribution in [0.1, 0.15) is 37.3 Å². The maximum absolute atomic E-state index is 10.3. The Morgan fingerprint density at radius 1 is 1.30 bits per heavy atom. The molecule has 128 valence electrons. The Balaban J connectivity index is 1.36. The molecule has 0 bridgehead atoms. The topological polar surface area (TPSA) is 75.4 Å². The number of likely N-dealkylation sites (tertiary alicyclic amines) is 1. The molecule has 0 spiro atoms. The summed E-state index contributed by atoms with van der Waals surface area (Å²) in [6.07, 6.45) is 6.28. The van der Waals surface area contributed by atoms with Crippen LogP contribution < -0.4 is 5.32 Å². The van der Waals surface area contributed by atoms with E-state index in [-0.39, 0.29) is 12.1 Å². The predicted octanol–water partition coefficient (Wildman–Crippen LogP) is -0.0324. The van der Waals surface area contributed by atoms with Crippen LogP contribution in [0.15, 0.2) is 6.20 Å². The fraction of sp³-hybridized carbons (Fsp3) is 0.875. The fourth-order valence-corrected chi connectivity index (χ4v) is 3.66. The first kappa shape index (κ1) is 15.5. The zero-order valence-electron chi connectivity index (χ0n) is 13.8. The lowest BCUT2D eigenvalue weighted by Gasteiger charge is -2.33. The van der Waals surface area contributed by atoms with Gasteiger partial charge in [-0.1, -0.05) is 5.21 Å². The first-order chi connectivity index (χ1) is 11.2. The van der Waals surface area contributed by atoms with Gasteiger partial charge in [0.05, 0.1) is 37.1 Å². The summed E-state index contributed by atoms with van der Waals surface area (Å²) in [6.45, 7) is 3.28. The molecule has 3 heterocycles. The summed E-state index contributed by atoms with van der Waals surface area (Å²) in [7, 11) is 2.16. The molecule has 1 aromatic rings. The van der Waals surface area contributed by atoms with Gasteiger partial charge in [-0.15, -0.1) is 5.10 Å². The van der Waals surface area contributed by atoms with Crippen LogP contribution in [0.4, 0.5) is 0 Å². The van der Waals surface area contributed by atoms with Gasteiger partial charge in [-0.05, 0) is 45.8 Å². The maximum Gasteiger partial charge on any atom is 0.0952 e. The van der Waals surface area contributed by atoms with Crippen LogP contribution in [0.2, 0.25) is 0 Å². The van der Waals surface area contributed by atoms with Gasteiger partial charge < -0.3 is 20.1 Å². The average Bonchev–Trinajstić information content (AvgIpc) is 3.21. The molecule has 3 atom stereocenters. The monoisotopic (exact) mass is 321 g/mol. The smallest absolute Gasteiger partial charge is 0.0952 e. The molecule has 0 amide bonds. The van der Waals surface area contributed by atoms with Crippen molar-refractivity contribution in [2.75, 3.05) is 26.7 Å². The number of aliphatic hydroxyl groups is 1. The molecule has 1 aromatic heterocycles. The summed E-state index contributed by atoms with van der Waals surface area (Å²) in [6, 6.07) is 0.449. The van der Waals surface area contributed by atoms with Gasteiger partial charge in [0, 0.05) is 18.2 Å². The summed E-state index contributed by atoms with van der Waals surface area (Å²) < 4.78 is 7.69. The molecule has 4 rings (SSSR count). The van der Waals surface area contributed by atoms with Crippen molar-refractivity contribution in [1.82, 2.24) is 25.2 Å². The molecule has 2 N–H and O–H groups in total. The normalized spacial score (nSPS) is 33.4. The van der Waals surface area contributed by atoms with E-state index < -0.39 is 6.10 Å². The number of rotatable bonds is 5. The van der Waals surface area contributed by atoms with E-state index in [9.17, 15) is 5.11 Å². The third kappa shape index (κ3) is 3.57. The Morgan fingerprint density at radius 3 is 2.83 bits per heavy atom. The predicted molar refractivity (Wildman–Crippen MR) is 85.2 cm³/mol. The molecule has 1 saturated carbocycles. The molecule has 7 heteroatoms. The van der Waals surface area contributed by atoms with Crippen molar-refractivity contribution >= 4 is 0 Å². The van der Waals surface area contributed by atoms with Gasteiger partial charge in [0.2, 0.25) is 0 Å². The van der Waals surface area contributed by atoms with Gasteiger partial charge in [-0.2, -0.15) is 0 Å². The molecule has 0 radical (unpaired) electrons. The highest BCUT2D eigenvalue weighted by Crippen LogP contribution is 2.38. The molecular weight excluding hydrogens is 294 g/mol. The van der Waals surface area contributed by atoms with Crippen LogP contribution in [0, 0.1) is 0 Å². The molecule has 0 aromatic carbocycles. The first-order valence-electron chi connectivity index (χ1n) is 8.83. The van der Waals surface area contributed by atoms with Crippen molar-refractivity contribution in [3.8, 4) is 0 Å². The summed E-state index contributed by atoms with van der Waals surface area (Å²) in [5, 5.41) is 22.4. The van der Waals surface area contributed by atoms with E-state index in [0.29, 0.717) is 25.1 Å². The lowest BCUT2D eigenvalue weighted by molar-refractivity contribution is 0.0723. The second-order valence-corrected chi connectivity index (χ2v) is 7.35. The number of ether oxygens (including phenoxy) is 1. The Hall–Kier alpha value is -1.02. The molecule has 2 aliphatic heterocycles. The number of hydrogen-bond acceptors (Lipinski definition) is 6. The van der Waals surface area contributed by atoms with Crippen LogP contribution in [0.5, 0.6) is 0 Å². The number of nitrogens with zero attached hydrogens (tertiary/aromatic N) is 4. The van der Waals surface area contributed by atoms with Crippen LogP contribution in [-0.4, -0.2) is 76.0 Å². The largest absolute Gasteiger partial charge is 0.389 e. The van der Waals surface area contributed by atoms with Crippen molar-refractivity contribution in [3.05, 3.63) is 11.9 Å². The van der Waals surface area contributed by atoms with Gasteiger partial charge in [-0.3, -0.25) is 0 Å². The number of aromatic nitrogens is 3. The molecular formula is C16H27N5O2. The second-order valence-electron chi connectivity index (χ2n) is 7.35. The van der Waals surface area contributed by atoms with Crippen LogP contribution >= 0.6 is 0 Å². The van der Waals surface area contributed by atoms with E-state index in [1.165, 1.54) is 12.8 Å². The van der Waals surface area contributed by atoms with E-state index in [0.717, 1.165) is 31.6 Å².